The third-order valence-electron chi connectivity index (χ3n) is 9.75. The van der Waals surface area contributed by atoms with Crippen LogP contribution in [0.5, 0.6) is 5.75 Å². The Morgan fingerprint density at radius 1 is 0.750 bits per heavy atom. The van der Waals surface area contributed by atoms with Crippen molar-refractivity contribution in [3.8, 4) is 5.75 Å². The monoisotopic (exact) mass is 602 g/mol. The first-order valence-electron chi connectivity index (χ1n) is 14.8. The maximum atomic E-state index is 14.0. The summed E-state index contributed by atoms with van der Waals surface area (Å²) < 4.78 is 5.65. The van der Waals surface area contributed by atoms with Crippen LogP contribution in [0.3, 0.4) is 0 Å². The van der Waals surface area contributed by atoms with Crippen LogP contribution in [0.25, 0.3) is 0 Å². The molecular formula is C36H27ClN2O5. The van der Waals surface area contributed by atoms with Crippen molar-refractivity contribution < 1.29 is 23.9 Å². The molecule has 2 bridgehead atoms. The lowest BCUT2D eigenvalue weighted by Crippen LogP contribution is -2.41. The minimum absolute atomic E-state index is 0.0372. The molecule has 0 saturated carbocycles. The lowest BCUT2D eigenvalue weighted by Gasteiger charge is -2.45. The molecule has 4 aromatic carbocycles. The van der Waals surface area contributed by atoms with Crippen LogP contribution in [0.2, 0.25) is 5.02 Å². The first kappa shape index (κ1) is 26.8. The summed E-state index contributed by atoms with van der Waals surface area (Å²) in [6.07, 6.45) is 0.0372. The average Bonchev–Trinajstić information content (AvgIpc) is 3.55. The molecule has 44 heavy (non-hydrogen) atoms. The van der Waals surface area contributed by atoms with Gasteiger partial charge in [-0.3, -0.25) is 19.2 Å². The van der Waals surface area contributed by atoms with Crippen molar-refractivity contribution in [1.29, 1.82) is 0 Å². The molecule has 2 heterocycles. The molecule has 5 aliphatic rings. The lowest BCUT2D eigenvalue weighted by molar-refractivity contribution is -0.139. The Kier molecular flexibility index (Phi) is 6.04. The Bertz CT molecular complexity index is 1790. The molecule has 0 radical (unpaired) electrons. The quantitative estimate of drug-likeness (QED) is 0.162. The van der Waals surface area contributed by atoms with Crippen molar-refractivity contribution in [1.82, 2.24) is 0 Å². The molecule has 0 N–H and O–H groups in total. The molecule has 0 spiro atoms. The van der Waals surface area contributed by atoms with Crippen molar-refractivity contribution in [2.24, 2.45) is 17.8 Å². The van der Waals surface area contributed by atoms with Crippen molar-refractivity contribution in [2.75, 3.05) is 16.3 Å². The maximum Gasteiger partial charge on any atom is 0.316 e. The molecule has 218 valence electrons. The van der Waals surface area contributed by atoms with E-state index in [1.807, 2.05) is 37.3 Å². The number of hydrogen-bond acceptors (Lipinski definition) is 5. The lowest BCUT2D eigenvalue weighted by atomic mass is 9.55. The van der Waals surface area contributed by atoms with E-state index in [-0.39, 0.29) is 48.3 Å². The van der Waals surface area contributed by atoms with E-state index in [1.54, 1.807) is 41.3 Å². The zero-order chi connectivity index (χ0) is 30.3. The first-order chi connectivity index (χ1) is 21.3. The van der Waals surface area contributed by atoms with Crippen LogP contribution in [0, 0.1) is 24.7 Å². The normalized spacial score (nSPS) is 24.8. The van der Waals surface area contributed by atoms with E-state index in [0.717, 1.165) is 27.8 Å². The molecule has 2 saturated heterocycles. The van der Waals surface area contributed by atoms with Gasteiger partial charge in [0.25, 0.3) is 0 Å². The summed E-state index contributed by atoms with van der Waals surface area (Å²) in [5.74, 6) is -2.75. The van der Waals surface area contributed by atoms with Gasteiger partial charge >= 0.3 is 5.97 Å². The molecule has 3 atom stereocenters. The van der Waals surface area contributed by atoms with Gasteiger partial charge < -0.3 is 9.64 Å². The van der Waals surface area contributed by atoms with Gasteiger partial charge in [0, 0.05) is 35.5 Å². The molecule has 4 aromatic rings. The molecule has 3 amide bonds. The molecule has 7 nitrogen and oxygen atoms in total. The molecule has 9 rings (SSSR count). The number of carbonyl (C=O) groups excluding carboxylic acids is 4. The predicted molar refractivity (Wildman–Crippen MR) is 165 cm³/mol. The van der Waals surface area contributed by atoms with E-state index in [4.69, 9.17) is 16.3 Å². The highest BCUT2D eigenvalue weighted by atomic mass is 35.5. The van der Waals surface area contributed by atoms with Crippen molar-refractivity contribution in [3.05, 3.63) is 124 Å². The van der Waals surface area contributed by atoms with E-state index >= 15 is 0 Å². The number of imide groups is 1. The Hall–Kier alpha value is -4.75. The predicted octanol–water partition coefficient (Wildman–Crippen LogP) is 6.00. The summed E-state index contributed by atoms with van der Waals surface area (Å²) in [6, 6.07) is 28.1. The SMILES string of the molecule is Cc1c(Cl)cccc1N1C[C@H](C(=O)Oc2ccc(N3C(=O)[C@@H]4C5c6ccccc6C(c6ccccc65)[C@H]4C3=O)cc2)CC1=O. The van der Waals surface area contributed by atoms with Gasteiger partial charge in [-0.1, -0.05) is 66.2 Å². The highest BCUT2D eigenvalue weighted by Gasteiger charge is 2.61. The number of carbonyl (C=O) groups is 4. The summed E-state index contributed by atoms with van der Waals surface area (Å²) >= 11 is 6.24. The van der Waals surface area contributed by atoms with Gasteiger partial charge in [-0.05, 0) is 71.1 Å². The van der Waals surface area contributed by atoms with Gasteiger partial charge in [0.2, 0.25) is 17.7 Å². The second-order valence-electron chi connectivity index (χ2n) is 12.0. The van der Waals surface area contributed by atoms with Crippen LogP contribution in [0.1, 0.15) is 46.1 Å². The second kappa shape index (κ2) is 9.89. The zero-order valence-electron chi connectivity index (χ0n) is 23.8. The highest BCUT2D eigenvalue weighted by Crippen LogP contribution is 2.61. The fraction of sp³-hybridized carbons (Fsp3) is 0.222. The number of nitrogens with zero attached hydrogens (tertiary/aromatic N) is 2. The molecule has 2 fully saturated rings. The van der Waals surface area contributed by atoms with Gasteiger partial charge in [0.15, 0.2) is 0 Å². The largest absolute Gasteiger partial charge is 0.426 e. The molecule has 8 heteroatoms. The summed E-state index contributed by atoms with van der Waals surface area (Å²) in [4.78, 5) is 56.7. The van der Waals surface area contributed by atoms with Crippen molar-refractivity contribution in [3.63, 3.8) is 0 Å². The number of rotatable bonds is 4. The van der Waals surface area contributed by atoms with Gasteiger partial charge in [-0.25, -0.2) is 4.90 Å². The van der Waals surface area contributed by atoms with Crippen LogP contribution >= 0.6 is 11.6 Å². The Morgan fingerprint density at radius 2 is 1.30 bits per heavy atom. The van der Waals surface area contributed by atoms with Crippen LogP contribution < -0.4 is 14.5 Å². The standard InChI is InChI=1S/C36H27ClN2O5/c1-19-27(37)11-6-12-28(19)38-18-20(17-29(38)40)36(43)44-22-15-13-21(14-16-22)39-34(41)32-30-23-7-2-3-8-24(23)31(33(32)35(39)42)26-10-5-4-9-25(26)30/h2-16,20,30-33H,17-18H2,1H3/t20-,30?,31?,32-,33-/m1/s1. The molecule has 0 aromatic heterocycles. The Labute approximate surface area is 259 Å². The van der Waals surface area contributed by atoms with Gasteiger partial charge in [0.1, 0.15) is 5.75 Å². The molecular weight excluding hydrogens is 576 g/mol. The van der Waals surface area contributed by atoms with Gasteiger partial charge in [0.05, 0.1) is 23.4 Å². The fourth-order valence-electron chi connectivity index (χ4n) is 7.78. The second-order valence-corrected chi connectivity index (χ2v) is 12.4. The van der Waals surface area contributed by atoms with Crippen LogP contribution in [-0.4, -0.2) is 30.2 Å². The van der Waals surface area contributed by atoms with Crippen LogP contribution in [-0.2, 0) is 19.2 Å². The summed E-state index contributed by atoms with van der Waals surface area (Å²) in [5, 5.41) is 0.553. The topological polar surface area (TPSA) is 84.0 Å². The zero-order valence-corrected chi connectivity index (χ0v) is 24.5. The summed E-state index contributed by atoms with van der Waals surface area (Å²) in [6.45, 7) is 2.04. The number of hydrogen-bond donors (Lipinski definition) is 0. The van der Waals surface area contributed by atoms with E-state index < -0.39 is 23.7 Å². The minimum atomic E-state index is -0.635. The molecule has 0 unspecified atom stereocenters. The van der Waals surface area contributed by atoms with Crippen LogP contribution in [0.15, 0.2) is 91.0 Å². The Morgan fingerprint density at radius 3 is 1.84 bits per heavy atom. The number of benzene rings is 4. The Balaban J connectivity index is 1.02. The van der Waals surface area contributed by atoms with Gasteiger partial charge in [-0.15, -0.1) is 0 Å². The fourth-order valence-corrected chi connectivity index (χ4v) is 7.95. The molecule has 3 aliphatic carbocycles. The van der Waals surface area contributed by atoms with Gasteiger partial charge in [-0.2, -0.15) is 0 Å². The summed E-state index contributed by atoms with van der Waals surface area (Å²) in [5.41, 5.74) is 6.39. The number of anilines is 2. The van der Waals surface area contributed by atoms with E-state index in [1.165, 1.54) is 4.90 Å². The minimum Gasteiger partial charge on any atom is -0.426 e. The smallest absolute Gasteiger partial charge is 0.316 e. The van der Waals surface area contributed by atoms with E-state index in [2.05, 4.69) is 24.3 Å². The molecule has 2 aliphatic heterocycles. The van der Waals surface area contributed by atoms with Crippen molar-refractivity contribution in [2.45, 2.75) is 25.2 Å². The number of halogens is 1. The first-order valence-corrected chi connectivity index (χ1v) is 15.1. The average molecular weight is 603 g/mol. The maximum absolute atomic E-state index is 14.0. The number of esters is 1. The number of ether oxygens (including phenoxy) is 1. The van der Waals surface area contributed by atoms with Crippen molar-refractivity contribution >= 4 is 46.7 Å². The van der Waals surface area contributed by atoms with E-state index in [9.17, 15) is 19.2 Å². The third kappa shape index (κ3) is 3.82. The third-order valence-corrected chi connectivity index (χ3v) is 10.2. The van der Waals surface area contributed by atoms with E-state index in [0.29, 0.717) is 16.4 Å². The van der Waals surface area contributed by atoms with Crippen LogP contribution in [0.4, 0.5) is 11.4 Å². The number of amides is 3. The highest BCUT2D eigenvalue weighted by molar-refractivity contribution is 6.31. The summed E-state index contributed by atoms with van der Waals surface area (Å²) in [7, 11) is 0.